The maximum absolute atomic E-state index is 13.0. The zero-order valence-corrected chi connectivity index (χ0v) is 23.1. The minimum atomic E-state index is -0.843. The Morgan fingerprint density at radius 2 is 1.00 bits per heavy atom. The molecule has 2 aromatic carbocycles. The molecule has 0 saturated carbocycles. The van der Waals surface area contributed by atoms with E-state index in [-0.39, 0.29) is 11.4 Å². The number of benzene rings is 2. The minimum Gasteiger partial charge on any atom is -0.426 e. The first kappa shape index (κ1) is 32.2. The minimum absolute atomic E-state index is 0.0409. The Bertz CT molecular complexity index is 998. The third kappa shape index (κ3) is 11.8. The van der Waals surface area contributed by atoms with Crippen molar-refractivity contribution in [1.29, 1.82) is 0 Å². The van der Waals surface area contributed by atoms with E-state index >= 15 is 0 Å². The van der Waals surface area contributed by atoms with Crippen LogP contribution in [0.1, 0.15) is 100 Å². The van der Waals surface area contributed by atoms with Crippen molar-refractivity contribution in [3.05, 3.63) is 105 Å². The molecule has 0 bridgehead atoms. The summed E-state index contributed by atoms with van der Waals surface area (Å²) in [6, 6.07) is 12.0. The Morgan fingerprint density at radius 1 is 0.650 bits per heavy atom. The van der Waals surface area contributed by atoms with Crippen LogP contribution in [-0.4, -0.2) is 16.0 Å². The van der Waals surface area contributed by atoms with Gasteiger partial charge < -0.3 is 9.47 Å². The SMILES string of the molecule is C=CCCCCCCC(OC(=O)OC(CCCCCCC=C)c1ccc([N+](=O)[O-])cc1)c1ccc([N+](=O)[O-])cc1. The van der Waals surface area contributed by atoms with Crippen molar-refractivity contribution in [3.8, 4) is 0 Å². The molecule has 0 N–H and O–H groups in total. The van der Waals surface area contributed by atoms with E-state index in [0.717, 1.165) is 64.2 Å². The molecule has 2 aromatic rings. The molecule has 0 radical (unpaired) electrons. The van der Waals surface area contributed by atoms with E-state index in [0.29, 0.717) is 24.0 Å². The predicted molar refractivity (Wildman–Crippen MR) is 155 cm³/mol. The zero-order chi connectivity index (χ0) is 29.2. The van der Waals surface area contributed by atoms with Gasteiger partial charge in [-0.3, -0.25) is 20.2 Å². The molecule has 216 valence electrons. The molecule has 9 nitrogen and oxygen atoms in total. The molecule has 0 spiro atoms. The molecule has 0 aliphatic heterocycles. The summed E-state index contributed by atoms with van der Waals surface area (Å²) < 4.78 is 11.5. The van der Waals surface area contributed by atoms with Crippen LogP contribution in [0, 0.1) is 20.2 Å². The third-order valence-corrected chi connectivity index (χ3v) is 6.68. The van der Waals surface area contributed by atoms with Gasteiger partial charge in [-0.15, -0.1) is 13.2 Å². The molecular formula is C31H40N2O7. The van der Waals surface area contributed by atoms with Crippen LogP contribution in [0.3, 0.4) is 0 Å². The van der Waals surface area contributed by atoms with Gasteiger partial charge in [-0.05, 0) is 86.8 Å². The number of carbonyl (C=O) groups is 1. The second kappa shape index (κ2) is 18.3. The number of nitro groups is 2. The van der Waals surface area contributed by atoms with Crippen LogP contribution in [0.2, 0.25) is 0 Å². The van der Waals surface area contributed by atoms with Gasteiger partial charge in [0.15, 0.2) is 0 Å². The first-order valence-electron chi connectivity index (χ1n) is 13.9. The summed E-state index contributed by atoms with van der Waals surface area (Å²) in [6.07, 6.45) is 12.3. The van der Waals surface area contributed by atoms with Crippen molar-refractivity contribution in [3.63, 3.8) is 0 Å². The van der Waals surface area contributed by atoms with Gasteiger partial charge in [0.05, 0.1) is 9.85 Å². The number of allylic oxidation sites excluding steroid dienone is 2. The number of nitrogens with zero attached hydrogens (tertiary/aromatic N) is 2. The highest BCUT2D eigenvalue weighted by molar-refractivity contribution is 5.61. The summed E-state index contributed by atoms with van der Waals surface area (Å²) >= 11 is 0. The Kier molecular flexibility index (Phi) is 14.7. The maximum atomic E-state index is 13.0. The summed E-state index contributed by atoms with van der Waals surface area (Å²) in [6.45, 7) is 7.48. The van der Waals surface area contributed by atoms with E-state index in [9.17, 15) is 25.0 Å². The van der Waals surface area contributed by atoms with Gasteiger partial charge in [-0.1, -0.05) is 37.8 Å². The number of unbranched alkanes of at least 4 members (excludes halogenated alkanes) is 8. The van der Waals surface area contributed by atoms with Gasteiger partial charge in [0.1, 0.15) is 12.2 Å². The lowest BCUT2D eigenvalue weighted by atomic mass is 10.0. The molecule has 0 saturated heterocycles. The van der Waals surface area contributed by atoms with Crippen molar-refractivity contribution >= 4 is 17.5 Å². The first-order valence-corrected chi connectivity index (χ1v) is 13.9. The summed E-state index contributed by atoms with van der Waals surface area (Å²) in [5.74, 6) is 0. The summed E-state index contributed by atoms with van der Waals surface area (Å²) in [7, 11) is 0. The van der Waals surface area contributed by atoms with Crippen LogP contribution in [0.15, 0.2) is 73.8 Å². The molecule has 0 aliphatic carbocycles. The molecule has 0 heterocycles. The molecule has 0 aromatic heterocycles. The molecule has 0 fully saturated rings. The normalized spacial score (nSPS) is 12.2. The van der Waals surface area contributed by atoms with E-state index in [1.165, 1.54) is 24.3 Å². The number of hydrogen-bond acceptors (Lipinski definition) is 7. The molecule has 0 aliphatic rings. The molecule has 2 unspecified atom stereocenters. The van der Waals surface area contributed by atoms with E-state index in [4.69, 9.17) is 9.47 Å². The highest BCUT2D eigenvalue weighted by atomic mass is 16.7. The van der Waals surface area contributed by atoms with Crippen LogP contribution < -0.4 is 0 Å². The number of ether oxygens (including phenoxy) is 2. The second-order valence-electron chi connectivity index (χ2n) is 9.72. The number of non-ortho nitro benzene ring substituents is 2. The number of carbonyl (C=O) groups excluding carboxylic acids is 1. The van der Waals surface area contributed by atoms with Crippen molar-refractivity contribution in [2.45, 2.75) is 89.3 Å². The summed E-state index contributed by atoms with van der Waals surface area (Å²) in [5.41, 5.74) is 1.23. The van der Waals surface area contributed by atoms with Gasteiger partial charge in [-0.2, -0.15) is 0 Å². The van der Waals surface area contributed by atoms with Crippen molar-refractivity contribution < 1.29 is 24.1 Å². The topological polar surface area (TPSA) is 122 Å². The average molecular weight is 553 g/mol. The van der Waals surface area contributed by atoms with Crippen molar-refractivity contribution in [2.75, 3.05) is 0 Å². The monoisotopic (exact) mass is 552 g/mol. The van der Waals surface area contributed by atoms with Crippen LogP contribution >= 0.6 is 0 Å². The highest BCUT2D eigenvalue weighted by Crippen LogP contribution is 2.30. The fraction of sp³-hybridized carbons (Fsp3) is 0.452. The third-order valence-electron chi connectivity index (χ3n) is 6.68. The van der Waals surface area contributed by atoms with Gasteiger partial charge in [-0.25, -0.2) is 4.79 Å². The van der Waals surface area contributed by atoms with Crippen molar-refractivity contribution in [1.82, 2.24) is 0 Å². The zero-order valence-electron chi connectivity index (χ0n) is 23.1. The fourth-order valence-corrected chi connectivity index (χ4v) is 4.41. The van der Waals surface area contributed by atoms with Crippen LogP contribution in [0.4, 0.5) is 16.2 Å². The lowest BCUT2D eigenvalue weighted by molar-refractivity contribution is -0.385. The van der Waals surface area contributed by atoms with E-state index < -0.39 is 28.2 Å². The molecular weight excluding hydrogens is 512 g/mol. The van der Waals surface area contributed by atoms with E-state index in [2.05, 4.69) is 13.2 Å². The quantitative estimate of drug-likeness (QED) is 0.0527. The number of rotatable bonds is 20. The molecule has 0 amide bonds. The summed E-state index contributed by atoms with van der Waals surface area (Å²) in [5, 5.41) is 22.2. The predicted octanol–water partition coefficient (Wildman–Crippen LogP) is 9.49. The van der Waals surface area contributed by atoms with E-state index in [1.54, 1.807) is 24.3 Å². The second-order valence-corrected chi connectivity index (χ2v) is 9.72. The Balaban J connectivity index is 2.11. The maximum Gasteiger partial charge on any atom is 0.509 e. The Morgan fingerprint density at radius 3 is 1.32 bits per heavy atom. The van der Waals surface area contributed by atoms with Gasteiger partial charge >= 0.3 is 6.16 Å². The smallest absolute Gasteiger partial charge is 0.426 e. The summed E-state index contributed by atoms with van der Waals surface area (Å²) in [4.78, 5) is 34.2. The van der Waals surface area contributed by atoms with Gasteiger partial charge in [0.25, 0.3) is 11.4 Å². The standard InChI is InChI=1S/C31H40N2O7/c1-3-5-7-9-11-13-15-29(25-17-21-27(22-18-25)32(35)36)39-31(34)40-30(16-14-12-10-8-6-4-2)26-19-23-28(24-20-26)33(37)38/h3-4,17-24,29-30H,1-2,5-16H2. The highest BCUT2D eigenvalue weighted by Gasteiger charge is 2.23. The Hall–Kier alpha value is -4.01. The lowest BCUT2D eigenvalue weighted by Crippen LogP contribution is -2.17. The largest absolute Gasteiger partial charge is 0.509 e. The van der Waals surface area contributed by atoms with Crippen LogP contribution in [0.25, 0.3) is 0 Å². The Labute approximate surface area is 236 Å². The number of hydrogen-bond donors (Lipinski definition) is 0. The number of nitro benzene ring substituents is 2. The van der Waals surface area contributed by atoms with Gasteiger partial charge in [0.2, 0.25) is 0 Å². The van der Waals surface area contributed by atoms with Crippen LogP contribution in [0.5, 0.6) is 0 Å². The van der Waals surface area contributed by atoms with E-state index in [1.807, 2.05) is 12.2 Å². The average Bonchev–Trinajstić information content (AvgIpc) is 2.95. The molecule has 2 atom stereocenters. The molecule has 40 heavy (non-hydrogen) atoms. The van der Waals surface area contributed by atoms with Gasteiger partial charge in [0, 0.05) is 24.3 Å². The lowest BCUT2D eigenvalue weighted by Gasteiger charge is -2.22. The first-order chi connectivity index (χ1) is 19.3. The fourth-order valence-electron chi connectivity index (χ4n) is 4.41. The molecule has 2 rings (SSSR count). The van der Waals surface area contributed by atoms with Crippen LogP contribution in [-0.2, 0) is 9.47 Å². The molecule has 9 heteroatoms. The van der Waals surface area contributed by atoms with Crippen molar-refractivity contribution in [2.24, 2.45) is 0 Å².